The molecule has 0 unspecified atom stereocenters. The van der Waals surface area contributed by atoms with Gasteiger partial charge in [-0.1, -0.05) is 12.1 Å². The van der Waals surface area contributed by atoms with Crippen molar-refractivity contribution >= 4 is 17.2 Å². The molecule has 0 saturated heterocycles. The number of aromatic nitrogens is 1. The number of fused-ring (bicyclic) bond motifs is 1. The van der Waals surface area contributed by atoms with Gasteiger partial charge in [-0.2, -0.15) is 0 Å². The Morgan fingerprint density at radius 2 is 2.20 bits per heavy atom. The number of anilines is 3. The number of ether oxygens (including phenoxy) is 1. The highest BCUT2D eigenvalue weighted by atomic mass is 16.5. The summed E-state index contributed by atoms with van der Waals surface area (Å²) in [5, 5.41) is 3.26. The van der Waals surface area contributed by atoms with Gasteiger partial charge in [0.25, 0.3) is 0 Å². The standard InChI is InChI=1S/C16H19N3O/c1-2-17-16-12-13(8-9-18-16)19-10-5-11-20-15-7-4-3-6-14(15)19/h3-4,6-9,12H,2,5,10-11H2,1H3,(H,17,18). The summed E-state index contributed by atoms with van der Waals surface area (Å²) in [6.45, 7) is 4.66. The van der Waals surface area contributed by atoms with Gasteiger partial charge in [0.05, 0.1) is 12.3 Å². The summed E-state index contributed by atoms with van der Waals surface area (Å²) in [5.74, 6) is 1.86. The van der Waals surface area contributed by atoms with E-state index in [-0.39, 0.29) is 0 Å². The lowest BCUT2D eigenvalue weighted by Crippen LogP contribution is -2.18. The van der Waals surface area contributed by atoms with Crippen LogP contribution in [0.25, 0.3) is 0 Å². The van der Waals surface area contributed by atoms with Crippen molar-refractivity contribution in [1.82, 2.24) is 4.98 Å². The number of nitrogens with zero attached hydrogens (tertiary/aromatic N) is 2. The molecule has 1 aliphatic heterocycles. The van der Waals surface area contributed by atoms with Crippen LogP contribution in [0, 0.1) is 0 Å². The van der Waals surface area contributed by atoms with Gasteiger partial charge in [0.1, 0.15) is 11.6 Å². The maximum atomic E-state index is 5.80. The molecule has 1 aliphatic rings. The molecule has 0 spiro atoms. The summed E-state index contributed by atoms with van der Waals surface area (Å²) in [6.07, 6.45) is 2.86. The molecule has 0 amide bonds. The number of para-hydroxylation sites is 2. The number of hydrogen-bond donors (Lipinski definition) is 1. The average molecular weight is 269 g/mol. The largest absolute Gasteiger partial charge is 0.491 e. The molecule has 2 heterocycles. The van der Waals surface area contributed by atoms with Crippen LogP contribution < -0.4 is 15.0 Å². The van der Waals surface area contributed by atoms with Gasteiger partial charge in [-0.05, 0) is 31.5 Å². The molecule has 0 fully saturated rings. The van der Waals surface area contributed by atoms with Crippen LogP contribution in [0.5, 0.6) is 5.75 Å². The zero-order valence-electron chi connectivity index (χ0n) is 11.7. The first-order valence-electron chi connectivity index (χ1n) is 7.08. The SMILES string of the molecule is CCNc1cc(N2CCCOc3ccccc32)ccn1. The highest BCUT2D eigenvalue weighted by Gasteiger charge is 2.17. The van der Waals surface area contributed by atoms with E-state index in [0.29, 0.717) is 0 Å². The first kappa shape index (κ1) is 12.8. The molecular weight excluding hydrogens is 250 g/mol. The smallest absolute Gasteiger partial charge is 0.142 e. The minimum Gasteiger partial charge on any atom is -0.491 e. The molecule has 1 aromatic carbocycles. The average Bonchev–Trinajstić information content (AvgIpc) is 2.70. The van der Waals surface area contributed by atoms with E-state index < -0.39 is 0 Å². The third kappa shape index (κ3) is 2.54. The first-order valence-corrected chi connectivity index (χ1v) is 7.08. The van der Waals surface area contributed by atoms with Gasteiger partial charge < -0.3 is 15.0 Å². The second-order valence-corrected chi connectivity index (χ2v) is 4.75. The molecule has 20 heavy (non-hydrogen) atoms. The van der Waals surface area contributed by atoms with Crippen molar-refractivity contribution in [3.63, 3.8) is 0 Å². The van der Waals surface area contributed by atoms with Crippen LogP contribution in [0.4, 0.5) is 17.2 Å². The minimum atomic E-state index is 0.763. The molecule has 1 aromatic heterocycles. The summed E-state index contributed by atoms with van der Waals surface area (Å²) in [7, 11) is 0. The molecular formula is C16H19N3O. The normalized spacial score (nSPS) is 14.2. The third-order valence-electron chi connectivity index (χ3n) is 3.35. The van der Waals surface area contributed by atoms with Crippen molar-refractivity contribution in [3.8, 4) is 5.75 Å². The lowest BCUT2D eigenvalue weighted by Gasteiger charge is -2.24. The van der Waals surface area contributed by atoms with Crippen molar-refractivity contribution < 1.29 is 4.74 Å². The van der Waals surface area contributed by atoms with Gasteiger partial charge in [0.2, 0.25) is 0 Å². The molecule has 2 aromatic rings. The highest BCUT2D eigenvalue weighted by Crippen LogP contribution is 2.36. The van der Waals surface area contributed by atoms with Gasteiger partial charge in [-0.3, -0.25) is 0 Å². The third-order valence-corrected chi connectivity index (χ3v) is 3.35. The van der Waals surface area contributed by atoms with Crippen LogP contribution in [0.15, 0.2) is 42.6 Å². The van der Waals surface area contributed by atoms with E-state index in [1.54, 1.807) is 0 Å². The summed E-state index contributed by atoms with van der Waals surface area (Å²) < 4.78 is 5.80. The van der Waals surface area contributed by atoms with Gasteiger partial charge in [0.15, 0.2) is 0 Å². The molecule has 4 heteroatoms. The summed E-state index contributed by atoms with van der Waals surface area (Å²) in [6, 6.07) is 12.3. The molecule has 0 atom stereocenters. The molecule has 104 valence electrons. The Morgan fingerprint density at radius 3 is 3.10 bits per heavy atom. The molecule has 0 aliphatic carbocycles. The number of benzene rings is 1. The summed E-state index contributed by atoms with van der Waals surface area (Å²) in [5.41, 5.74) is 2.27. The number of hydrogen-bond acceptors (Lipinski definition) is 4. The van der Waals surface area contributed by atoms with Crippen molar-refractivity contribution in [3.05, 3.63) is 42.6 Å². The second-order valence-electron chi connectivity index (χ2n) is 4.75. The molecule has 1 N–H and O–H groups in total. The van der Waals surface area contributed by atoms with Crippen LogP contribution in [0.3, 0.4) is 0 Å². The van der Waals surface area contributed by atoms with E-state index in [1.165, 1.54) is 0 Å². The predicted molar refractivity (Wildman–Crippen MR) is 82.0 cm³/mol. The van der Waals surface area contributed by atoms with E-state index in [1.807, 2.05) is 30.5 Å². The van der Waals surface area contributed by atoms with E-state index >= 15 is 0 Å². The Bertz CT molecular complexity index is 585. The summed E-state index contributed by atoms with van der Waals surface area (Å²) >= 11 is 0. The Labute approximate surface area is 119 Å². The summed E-state index contributed by atoms with van der Waals surface area (Å²) in [4.78, 5) is 6.63. The number of rotatable bonds is 3. The molecule has 3 rings (SSSR count). The predicted octanol–water partition coefficient (Wildman–Crippen LogP) is 3.43. The van der Waals surface area contributed by atoms with Crippen molar-refractivity contribution in [2.24, 2.45) is 0 Å². The van der Waals surface area contributed by atoms with Crippen LogP contribution in [-0.2, 0) is 0 Å². The Morgan fingerprint density at radius 1 is 1.30 bits per heavy atom. The van der Waals surface area contributed by atoms with Crippen molar-refractivity contribution in [2.75, 3.05) is 29.9 Å². The Kier molecular flexibility index (Phi) is 3.72. The first-order chi connectivity index (χ1) is 9.88. The van der Waals surface area contributed by atoms with Crippen LogP contribution in [0.1, 0.15) is 13.3 Å². The lowest BCUT2D eigenvalue weighted by atomic mass is 10.2. The molecule has 0 radical (unpaired) electrons. The van der Waals surface area contributed by atoms with Gasteiger partial charge >= 0.3 is 0 Å². The fourth-order valence-corrected chi connectivity index (χ4v) is 2.46. The number of pyridine rings is 1. The fourth-order valence-electron chi connectivity index (χ4n) is 2.46. The van der Waals surface area contributed by atoms with Gasteiger partial charge in [-0.25, -0.2) is 4.98 Å². The van der Waals surface area contributed by atoms with Crippen LogP contribution in [-0.4, -0.2) is 24.7 Å². The van der Waals surface area contributed by atoms with Gasteiger partial charge in [-0.15, -0.1) is 0 Å². The Balaban J connectivity index is 1.98. The van der Waals surface area contributed by atoms with Crippen molar-refractivity contribution in [2.45, 2.75) is 13.3 Å². The van der Waals surface area contributed by atoms with Crippen LogP contribution in [0.2, 0.25) is 0 Å². The van der Waals surface area contributed by atoms with Gasteiger partial charge in [0, 0.05) is 31.0 Å². The van der Waals surface area contributed by atoms with E-state index in [0.717, 1.165) is 49.1 Å². The highest BCUT2D eigenvalue weighted by molar-refractivity contribution is 5.71. The molecule has 4 nitrogen and oxygen atoms in total. The lowest BCUT2D eigenvalue weighted by molar-refractivity contribution is 0.322. The van der Waals surface area contributed by atoms with Crippen LogP contribution >= 0.6 is 0 Å². The molecule has 0 saturated carbocycles. The number of nitrogens with one attached hydrogen (secondary N) is 1. The van der Waals surface area contributed by atoms with E-state index in [4.69, 9.17) is 4.74 Å². The van der Waals surface area contributed by atoms with Crippen molar-refractivity contribution in [1.29, 1.82) is 0 Å². The topological polar surface area (TPSA) is 37.4 Å². The zero-order chi connectivity index (χ0) is 13.8. The Hall–Kier alpha value is -2.23. The maximum absolute atomic E-state index is 5.80. The monoisotopic (exact) mass is 269 g/mol. The zero-order valence-corrected chi connectivity index (χ0v) is 11.7. The minimum absolute atomic E-state index is 0.763. The fraction of sp³-hybridized carbons (Fsp3) is 0.312. The van der Waals surface area contributed by atoms with E-state index in [2.05, 4.69) is 34.3 Å². The second kappa shape index (κ2) is 5.82. The van der Waals surface area contributed by atoms with E-state index in [9.17, 15) is 0 Å². The molecule has 0 bridgehead atoms. The quantitative estimate of drug-likeness (QED) is 0.926. The maximum Gasteiger partial charge on any atom is 0.142 e.